The molecule has 0 fully saturated rings. The molecule has 0 unspecified atom stereocenters. The maximum Gasteiger partial charge on any atom is 0.276 e. The van der Waals surface area contributed by atoms with Crippen molar-refractivity contribution in [3.8, 4) is 0 Å². The summed E-state index contributed by atoms with van der Waals surface area (Å²) in [6.45, 7) is 2.03. The van der Waals surface area contributed by atoms with Gasteiger partial charge in [-0.3, -0.25) is 20.0 Å². The molecule has 1 amide bonds. The summed E-state index contributed by atoms with van der Waals surface area (Å²) in [5.41, 5.74) is 2.39. The molecular formula is C16H14N4O3. The number of H-pyrrole nitrogens is 1. The van der Waals surface area contributed by atoms with Crippen molar-refractivity contribution in [2.75, 3.05) is 5.32 Å². The van der Waals surface area contributed by atoms with Gasteiger partial charge in [-0.15, -0.1) is 0 Å². The van der Waals surface area contributed by atoms with Crippen LogP contribution in [-0.4, -0.2) is 21.0 Å². The van der Waals surface area contributed by atoms with Crippen LogP contribution in [0, 0.1) is 10.1 Å². The maximum absolute atomic E-state index is 12.4. The number of aromatic nitrogens is 2. The summed E-state index contributed by atoms with van der Waals surface area (Å²) in [4.78, 5) is 22.8. The van der Waals surface area contributed by atoms with Crippen LogP contribution >= 0.6 is 0 Å². The molecule has 0 atom stereocenters. The lowest BCUT2D eigenvalue weighted by molar-refractivity contribution is -0.384. The first-order chi connectivity index (χ1) is 11.1. The Hall–Kier alpha value is -3.22. The Bertz CT molecular complexity index is 901. The third-order valence-electron chi connectivity index (χ3n) is 3.57. The van der Waals surface area contributed by atoms with Crippen molar-refractivity contribution in [2.24, 2.45) is 0 Å². The summed E-state index contributed by atoms with van der Waals surface area (Å²) in [5, 5.41) is 20.8. The number of anilines is 1. The van der Waals surface area contributed by atoms with Crippen molar-refractivity contribution in [1.29, 1.82) is 0 Å². The van der Waals surface area contributed by atoms with Gasteiger partial charge in [0.05, 0.1) is 10.4 Å². The number of hydrogen-bond donors (Lipinski definition) is 2. The van der Waals surface area contributed by atoms with E-state index in [9.17, 15) is 14.9 Å². The average Bonchev–Trinajstić information content (AvgIpc) is 2.98. The van der Waals surface area contributed by atoms with E-state index >= 15 is 0 Å². The summed E-state index contributed by atoms with van der Waals surface area (Å²) < 4.78 is 0. The second kappa shape index (κ2) is 5.88. The predicted octanol–water partition coefficient (Wildman–Crippen LogP) is 3.29. The number of rotatable bonds is 4. The number of aryl methyl sites for hydroxylation is 1. The number of fused-ring (bicyclic) bond motifs is 1. The SMILES string of the molecule is CCc1cccc(NC(=O)c2n[nH]c3ccc([N+](=O)[O-])cc23)c1. The lowest BCUT2D eigenvalue weighted by atomic mass is 10.1. The maximum atomic E-state index is 12.4. The third kappa shape index (κ3) is 2.89. The number of benzene rings is 2. The van der Waals surface area contributed by atoms with Crippen LogP contribution in [0.1, 0.15) is 23.0 Å². The van der Waals surface area contributed by atoms with Gasteiger partial charge < -0.3 is 5.32 Å². The molecule has 1 heterocycles. The number of carbonyl (C=O) groups excluding carboxylic acids is 1. The Morgan fingerprint density at radius 3 is 2.87 bits per heavy atom. The lowest BCUT2D eigenvalue weighted by Gasteiger charge is -2.05. The molecule has 1 aromatic heterocycles. The van der Waals surface area contributed by atoms with Crippen LogP contribution in [-0.2, 0) is 6.42 Å². The van der Waals surface area contributed by atoms with Crippen LogP contribution in [0.25, 0.3) is 10.9 Å². The highest BCUT2D eigenvalue weighted by molar-refractivity contribution is 6.11. The summed E-state index contributed by atoms with van der Waals surface area (Å²) in [6, 6.07) is 11.8. The molecule has 2 N–H and O–H groups in total. The number of aromatic amines is 1. The molecule has 0 saturated carbocycles. The van der Waals surface area contributed by atoms with E-state index in [2.05, 4.69) is 15.5 Å². The van der Waals surface area contributed by atoms with E-state index in [4.69, 9.17) is 0 Å². The largest absolute Gasteiger partial charge is 0.321 e. The molecule has 23 heavy (non-hydrogen) atoms. The normalized spacial score (nSPS) is 10.7. The quantitative estimate of drug-likeness (QED) is 0.570. The molecule has 7 nitrogen and oxygen atoms in total. The van der Waals surface area contributed by atoms with Crippen LogP contribution in [0.3, 0.4) is 0 Å². The summed E-state index contributed by atoms with van der Waals surface area (Å²) in [6.07, 6.45) is 0.862. The van der Waals surface area contributed by atoms with Crippen molar-refractivity contribution in [3.63, 3.8) is 0 Å². The Morgan fingerprint density at radius 2 is 2.13 bits per heavy atom. The first-order valence-electron chi connectivity index (χ1n) is 7.11. The zero-order valence-electron chi connectivity index (χ0n) is 12.4. The smallest absolute Gasteiger partial charge is 0.276 e. The molecule has 116 valence electrons. The second-order valence-corrected chi connectivity index (χ2v) is 5.07. The molecule has 3 rings (SSSR count). The van der Waals surface area contributed by atoms with Crippen LogP contribution in [0.15, 0.2) is 42.5 Å². The minimum absolute atomic E-state index is 0.0825. The third-order valence-corrected chi connectivity index (χ3v) is 3.57. The van der Waals surface area contributed by atoms with Crippen molar-refractivity contribution in [2.45, 2.75) is 13.3 Å². The molecule has 2 aromatic carbocycles. The topological polar surface area (TPSA) is 101 Å². The highest BCUT2D eigenvalue weighted by Gasteiger charge is 2.17. The Balaban J connectivity index is 1.94. The molecule has 3 aromatic rings. The van der Waals surface area contributed by atoms with Gasteiger partial charge in [0.25, 0.3) is 11.6 Å². The van der Waals surface area contributed by atoms with Gasteiger partial charge in [-0.05, 0) is 30.2 Å². The molecular weight excluding hydrogens is 296 g/mol. The van der Waals surface area contributed by atoms with Crippen molar-refractivity contribution in [1.82, 2.24) is 10.2 Å². The Labute approximate surface area is 131 Å². The molecule has 0 spiro atoms. The minimum Gasteiger partial charge on any atom is -0.321 e. The fourth-order valence-corrected chi connectivity index (χ4v) is 2.35. The van der Waals surface area contributed by atoms with Crippen molar-refractivity contribution >= 4 is 28.2 Å². The predicted molar refractivity (Wildman–Crippen MR) is 86.5 cm³/mol. The number of nitrogens with one attached hydrogen (secondary N) is 2. The van der Waals surface area contributed by atoms with Gasteiger partial charge >= 0.3 is 0 Å². The van der Waals surface area contributed by atoms with E-state index in [0.29, 0.717) is 16.6 Å². The molecule has 7 heteroatoms. The Morgan fingerprint density at radius 1 is 1.30 bits per heavy atom. The zero-order valence-corrected chi connectivity index (χ0v) is 12.4. The second-order valence-electron chi connectivity index (χ2n) is 5.07. The first-order valence-corrected chi connectivity index (χ1v) is 7.11. The van der Waals surface area contributed by atoms with E-state index in [1.807, 2.05) is 25.1 Å². The highest BCUT2D eigenvalue weighted by atomic mass is 16.6. The van der Waals surface area contributed by atoms with E-state index in [-0.39, 0.29) is 11.4 Å². The number of non-ortho nitro benzene ring substituents is 1. The number of nitrogens with zero attached hydrogens (tertiary/aromatic N) is 2. The molecule has 0 aliphatic carbocycles. The van der Waals surface area contributed by atoms with E-state index in [0.717, 1.165) is 12.0 Å². The summed E-state index contributed by atoms with van der Waals surface area (Å²) in [5.74, 6) is -0.412. The molecule has 0 radical (unpaired) electrons. The number of amides is 1. The van der Waals surface area contributed by atoms with Gasteiger partial charge in [-0.2, -0.15) is 5.10 Å². The summed E-state index contributed by atoms with van der Waals surface area (Å²) in [7, 11) is 0. The van der Waals surface area contributed by atoms with Crippen LogP contribution in [0.2, 0.25) is 0 Å². The van der Waals surface area contributed by atoms with E-state index in [1.54, 1.807) is 6.07 Å². The Kier molecular flexibility index (Phi) is 3.76. The molecule has 0 aliphatic heterocycles. The first kappa shape index (κ1) is 14.7. The zero-order chi connectivity index (χ0) is 16.4. The average molecular weight is 310 g/mol. The van der Waals surface area contributed by atoms with Crippen molar-refractivity contribution in [3.05, 3.63) is 63.8 Å². The van der Waals surface area contributed by atoms with Gasteiger partial charge in [-0.1, -0.05) is 19.1 Å². The van der Waals surface area contributed by atoms with Gasteiger partial charge in [0.15, 0.2) is 5.69 Å². The monoisotopic (exact) mass is 310 g/mol. The van der Waals surface area contributed by atoms with Crippen LogP contribution < -0.4 is 5.32 Å². The van der Waals surface area contributed by atoms with E-state index < -0.39 is 10.8 Å². The molecule has 0 bridgehead atoms. The van der Waals surface area contributed by atoms with Crippen LogP contribution in [0.4, 0.5) is 11.4 Å². The minimum atomic E-state index is -0.501. The standard InChI is InChI=1S/C16H14N4O3/c1-2-10-4-3-5-11(8-10)17-16(21)15-13-9-12(20(22)23)6-7-14(13)18-19-15/h3-9H,2H2,1H3,(H,17,21)(H,18,19). The number of nitro groups is 1. The fourth-order valence-electron chi connectivity index (χ4n) is 2.35. The number of hydrogen-bond acceptors (Lipinski definition) is 4. The van der Waals surface area contributed by atoms with Gasteiger partial charge in [0, 0.05) is 23.2 Å². The lowest BCUT2D eigenvalue weighted by Crippen LogP contribution is -2.13. The highest BCUT2D eigenvalue weighted by Crippen LogP contribution is 2.23. The van der Waals surface area contributed by atoms with Crippen molar-refractivity contribution < 1.29 is 9.72 Å². The molecule has 0 aliphatic rings. The molecule has 0 saturated heterocycles. The van der Waals surface area contributed by atoms with Crippen LogP contribution in [0.5, 0.6) is 0 Å². The summed E-state index contributed by atoms with van der Waals surface area (Å²) >= 11 is 0. The fraction of sp³-hybridized carbons (Fsp3) is 0.125. The van der Waals surface area contributed by atoms with Gasteiger partial charge in [-0.25, -0.2) is 0 Å². The van der Waals surface area contributed by atoms with Gasteiger partial charge in [0.2, 0.25) is 0 Å². The number of carbonyl (C=O) groups is 1. The number of nitro benzene ring substituents is 1. The van der Waals surface area contributed by atoms with Gasteiger partial charge in [0.1, 0.15) is 0 Å². The van der Waals surface area contributed by atoms with E-state index in [1.165, 1.54) is 18.2 Å².